The first-order chi connectivity index (χ1) is 5.75. The minimum absolute atomic E-state index is 0.118. The van der Waals surface area contributed by atoms with E-state index in [9.17, 15) is 10.1 Å². The van der Waals surface area contributed by atoms with Gasteiger partial charge < -0.3 is 0 Å². The topological polar surface area (TPSA) is 43.1 Å². The molecule has 12 heavy (non-hydrogen) atoms. The lowest BCUT2D eigenvalue weighted by Gasteiger charge is -2.23. The molecule has 1 saturated carbocycles. The molecule has 0 saturated heterocycles. The molecule has 0 spiro atoms. The van der Waals surface area contributed by atoms with E-state index in [-0.39, 0.29) is 16.9 Å². The van der Waals surface area contributed by atoms with E-state index >= 15 is 0 Å². The fourth-order valence-electron chi connectivity index (χ4n) is 1.95. The summed E-state index contributed by atoms with van der Waals surface area (Å²) in [5.41, 5.74) is 0. The summed E-state index contributed by atoms with van der Waals surface area (Å²) in [6, 6.07) is -0.309. The van der Waals surface area contributed by atoms with Crippen molar-refractivity contribution in [3.63, 3.8) is 0 Å². The summed E-state index contributed by atoms with van der Waals surface area (Å²) >= 11 is 0. The maximum atomic E-state index is 10.6. The summed E-state index contributed by atoms with van der Waals surface area (Å²) in [4.78, 5) is 10.5. The normalized spacial score (nSPS) is 29.7. The van der Waals surface area contributed by atoms with E-state index < -0.39 is 0 Å². The third kappa shape index (κ3) is 2.06. The standard InChI is InChI=1S/C9H15NO2/c1-2-5-8-6-3-4-7-9(8)10(11)12/h2,8-9H,1,3-7H2. The highest BCUT2D eigenvalue weighted by Crippen LogP contribution is 2.28. The van der Waals surface area contributed by atoms with Crippen LogP contribution in [0.1, 0.15) is 32.1 Å². The molecule has 68 valence electrons. The first-order valence-electron chi connectivity index (χ1n) is 4.50. The largest absolute Gasteiger partial charge is 0.264 e. The van der Waals surface area contributed by atoms with E-state index in [1.807, 2.05) is 0 Å². The summed E-state index contributed by atoms with van der Waals surface area (Å²) in [6.07, 6.45) is 6.50. The summed E-state index contributed by atoms with van der Waals surface area (Å²) < 4.78 is 0. The lowest BCUT2D eigenvalue weighted by molar-refractivity contribution is -0.535. The zero-order valence-electron chi connectivity index (χ0n) is 7.24. The molecule has 1 fully saturated rings. The van der Waals surface area contributed by atoms with Gasteiger partial charge in [0.05, 0.1) is 0 Å². The molecule has 0 N–H and O–H groups in total. The van der Waals surface area contributed by atoms with Crippen molar-refractivity contribution in [1.82, 2.24) is 0 Å². The molecule has 0 aromatic heterocycles. The van der Waals surface area contributed by atoms with Crippen molar-refractivity contribution in [2.24, 2.45) is 5.92 Å². The molecule has 3 nitrogen and oxygen atoms in total. The Kier molecular flexibility index (Phi) is 3.26. The number of hydrogen-bond donors (Lipinski definition) is 0. The Morgan fingerprint density at radius 1 is 1.50 bits per heavy atom. The maximum Gasteiger partial charge on any atom is 0.216 e. The Labute approximate surface area is 72.6 Å². The average Bonchev–Trinajstić information content (AvgIpc) is 2.05. The minimum Gasteiger partial charge on any atom is -0.264 e. The first-order valence-corrected chi connectivity index (χ1v) is 4.50. The van der Waals surface area contributed by atoms with Gasteiger partial charge >= 0.3 is 0 Å². The van der Waals surface area contributed by atoms with Gasteiger partial charge in [0.2, 0.25) is 6.04 Å². The Morgan fingerprint density at radius 2 is 2.17 bits per heavy atom. The molecule has 0 heterocycles. The molecule has 0 aromatic rings. The second-order valence-corrected chi connectivity index (χ2v) is 3.42. The quantitative estimate of drug-likeness (QED) is 0.370. The number of nitrogens with zero attached hydrogens (tertiary/aromatic N) is 1. The van der Waals surface area contributed by atoms with Crippen LogP contribution in [0.2, 0.25) is 0 Å². The zero-order valence-corrected chi connectivity index (χ0v) is 7.24. The maximum absolute atomic E-state index is 10.6. The lowest BCUT2D eigenvalue weighted by atomic mass is 9.83. The Morgan fingerprint density at radius 3 is 2.75 bits per heavy atom. The molecule has 1 aliphatic rings. The molecule has 1 aliphatic carbocycles. The fourth-order valence-corrected chi connectivity index (χ4v) is 1.95. The van der Waals surface area contributed by atoms with Gasteiger partial charge in [0.15, 0.2) is 0 Å². The van der Waals surface area contributed by atoms with Gasteiger partial charge in [-0.3, -0.25) is 10.1 Å². The molecule has 0 amide bonds. The monoisotopic (exact) mass is 169 g/mol. The highest BCUT2D eigenvalue weighted by atomic mass is 16.6. The molecule has 0 radical (unpaired) electrons. The number of allylic oxidation sites excluding steroid dienone is 1. The summed E-state index contributed by atoms with van der Waals surface area (Å²) in [5.74, 6) is 0.242. The van der Waals surface area contributed by atoms with Gasteiger partial charge in [0.1, 0.15) is 0 Å². The third-order valence-electron chi connectivity index (χ3n) is 2.61. The van der Waals surface area contributed by atoms with Gasteiger partial charge in [-0.05, 0) is 19.3 Å². The Balaban J connectivity index is 2.53. The van der Waals surface area contributed by atoms with Gasteiger partial charge in [0, 0.05) is 17.3 Å². The second kappa shape index (κ2) is 4.24. The average molecular weight is 169 g/mol. The van der Waals surface area contributed by atoms with Crippen molar-refractivity contribution in [1.29, 1.82) is 0 Å². The minimum atomic E-state index is -0.309. The predicted molar refractivity (Wildman–Crippen MR) is 47.6 cm³/mol. The van der Waals surface area contributed by atoms with E-state index in [2.05, 4.69) is 6.58 Å². The lowest BCUT2D eigenvalue weighted by Crippen LogP contribution is -2.31. The van der Waals surface area contributed by atoms with Crippen LogP contribution in [0.5, 0.6) is 0 Å². The molecular formula is C9H15NO2. The molecule has 2 unspecified atom stereocenters. The van der Waals surface area contributed by atoms with Gasteiger partial charge in [-0.15, -0.1) is 6.58 Å². The number of nitro groups is 1. The molecule has 1 rings (SSSR count). The predicted octanol–water partition coefficient (Wildman–Crippen LogP) is 2.40. The molecule has 0 aromatic carbocycles. The molecule has 3 heteroatoms. The van der Waals surface area contributed by atoms with Crippen LogP contribution in [0.4, 0.5) is 0 Å². The van der Waals surface area contributed by atoms with Crippen LogP contribution in [0.3, 0.4) is 0 Å². The van der Waals surface area contributed by atoms with Gasteiger partial charge in [0.25, 0.3) is 0 Å². The van der Waals surface area contributed by atoms with Crippen molar-refractivity contribution in [3.05, 3.63) is 22.8 Å². The number of hydrogen-bond acceptors (Lipinski definition) is 2. The van der Waals surface area contributed by atoms with Crippen molar-refractivity contribution < 1.29 is 4.92 Å². The van der Waals surface area contributed by atoms with E-state index in [1.165, 1.54) is 0 Å². The van der Waals surface area contributed by atoms with Crippen LogP contribution in [-0.2, 0) is 0 Å². The van der Waals surface area contributed by atoms with Gasteiger partial charge in [-0.2, -0.15) is 0 Å². The van der Waals surface area contributed by atoms with Gasteiger partial charge in [-0.25, -0.2) is 0 Å². The van der Waals surface area contributed by atoms with Crippen LogP contribution in [0.15, 0.2) is 12.7 Å². The van der Waals surface area contributed by atoms with Crippen LogP contribution >= 0.6 is 0 Å². The highest BCUT2D eigenvalue weighted by Gasteiger charge is 2.32. The van der Waals surface area contributed by atoms with Crippen molar-refractivity contribution >= 4 is 0 Å². The molecule has 2 atom stereocenters. The molecule has 0 aliphatic heterocycles. The third-order valence-corrected chi connectivity index (χ3v) is 2.61. The van der Waals surface area contributed by atoms with Crippen LogP contribution in [-0.4, -0.2) is 11.0 Å². The van der Waals surface area contributed by atoms with Crippen molar-refractivity contribution in [2.45, 2.75) is 38.1 Å². The van der Waals surface area contributed by atoms with Crippen LogP contribution < -0.4 is 0 Å². The number of rotatable bonds is 3. The summed E-state index contributed by atoms with van der Waals surface area (Å²) in [7, 11) is 0. The van der Waals surface area contributed by atoms with Crippen molar-refractivity contribution in [3.8, 4) is 0 Å². The first kappa shape index (κ1) is 9.23. The van der Waals surface area contributed by atoms with Crippen molar-refractivity contribution in [2.75, 3.05) is 0 Å². The van der Waals surface area contributed by atoms with Crippen LogP contribution in [0.25, 0.3) is 0 Å². The smallest absolute Gasteiger partial charge is 0.216 e. The second-order valence-electron chi connectivity index (χ2n) is 3.42. The van der Waals surface area contributed by atoms with E-state index in [0.717, 1.165) is 32.1 Å². The molecule has 0 bridgehead atoms. The SMILES string of the molecule is C=CCC1CCCCC1[N+](=O)[O-]. The summed E-state index contributed by atoms with van der Waals surface area (Å²) in [5, 5.41) is 10.6. The van der Waals surface area contributed by atoms with Crippen LogP contribution in [0, 0.1) is 16.0 Å². The highest BCUT2D eigenvalue weighted by molar-refractivity contribution is 4.81. The Hall–Kier alpha value is -0.860. The van der Waals surface area contributed by atoms with E-state index in [1.54, 1.807) is 6.08 Å². The molecular weight excluding hydrogens is 154 g/mol. The van der Waals surface area contributed by atoms with E-state index in [4.69, 9.17) is 0 Å². The summed E-state index contributed by atoms with van der Waals surface area (Å²) in [6.45, 7) is 3.63. The Bertz CT molecular complexity index is 179. The van der Waals surface area contributed by atoms with E-state index in [0.29, 0.717) is 0 Å². The fraction of sp³-hybridized carbons (Fsp3) is 0.778. The zero-order chi connectivity index (χ0) is 8.97. The van der Waals surface area contributed by atoms with Gasteiger partial charge in [-0.1, -0.05) is 12.5 Å².